The molecule has 19 heavy (non-hydrogen) atoms. The Kier molecular flexibility index (Phi) is 6.05. The molecule has 1 rings (SSSR count). The van der Waals surface area contributed by atoms with E-state index in [2.05, 4.69) is 32.8 Å². The van der Waals surface area contributed by atoms with Crippen molar-refractivity contribution in [2.45, 2.75) is 46.2 Å². The highest BCUT2D eigenvalue weighted by atomic mass is 16.2. The van der Waals surface area contributed by atoms with Crippen LogP contribution in [0.3, 0.4) is 0 Å². The summed E-state index contributed by atoms with van der Waals surface area (Å²) in [6, 6.07) is 1.59. The van der Waals surface area contributed by atoms with Gasteiger partial charge in [-0.1, -0.05) is 6.92 Å². The highest BCUT2D eigenvalue weighted by molar-refractivity contribution is 5.84. The van der Waals surface area contributed by atoms with Crippen molar-refractivity contribution in [3.8, 4) is 0 Å². The van der Waals surface area contributed by atoms with Crippen molar-refractivity contribution in [3.05, 3.63) is 12.4 Å². The standard InChI is InChI=1S/C13H23N5O/c1-5-6-14-11-7-12(16-8-15-11)18-10(4)13(19)17-9(2)3/h7-10H,5-6H2,1-4H3,(H,17,19)(H2,14,15,16,18). The maximum absolute atomic E-state index is 11.8. The van der Waals surface area contributed by atoms with Gasteiger partial charge in [0, 0.05) is 18.7 Å². The van der Waals surface area contributed by atoms with E-state index in [4.69, 9.17) is 0 Å². The zero-order chi connectivity index (χ0) is 14.3. The van der Waals surface area contributed by atoms with Crippen LogP contribution in [0.5, 0.6) is 0 Å². The van der Waals surface area contributed by atoms with Crippen LogP contribution in [0.25, 0.3) is 0 Å². The molecule has 0 saturated heterocycles. The van der Waals surface area contributed by atoms with E-state index in [1.807, 2.05) is 13.8 Å². The summed E-state index contributed by atoms with van der Waals surface area (Å²) in [7, 11) is 0. The van der Waals surface area contributed by atoms with E-state index in [0.29, 0.717) is 5.82 Å². The van der Waals surface area contributed by atoms with Gasteiger partial charge in [-0.3, -0.25) is 4.79 Å². The fourth-order valence-corrected chi connectivity index (χ4v) is 1.48. The fourth-order valence-electron chi connectivity index (χ4n) is 1.48. The number of nitrogens with zero attached hydrogens (tertiary/aromatic N) is 2. The maximum Gasteiger partial charge on any atom is 0.242 e. The molecular weight excluding hydrogens is 242 g/mol. The Bertz CT molecular complexity index is 408. The fraction of sp³-hybridized carbons (Fsp3) is 0.615. The van der Waals surface area contributed by atoms with Gasteiger partial charge in [0.15, 0.2) is 0 Å². The molecule has 106 valence electrons. The van der Waals surface area contributed by atoms with Gasteiger partial charge < -0.3 is 16.0 Å². The first-order valence-electron chi connectivity index (χ1n) is 6.65. The third-order valence-electron chi connectivity index (χ3n) is 2.41. The van der Waals surface area contributed by atoms with Crippen LogP contribution >= 0.6 is 0 Å². The number of nitrogens with one attached hydrogen (secondary N) is 3. The van der Waals surface area contributed by atoms with Crippen LogP contribution < -0.4 is 16.0 Å². The molecule has 1 aromatic rings. The van der Waals surface area contributed by atoms with Crippen LogP contribution in [-0.4, -0.2) is 34.5 Å². The smallest absolute Gasteiger partial charge is 0.242 e. The van der Waals surface area contributed by atoms with Crippen LogP contribution in [0.1, 0.15) is 34.1 Å². The minimum atomic E-state index is -0.337. The molecular formula is C13H23N5O. The van der Waals surface area contributed by atoms with Crippen molar-refractivity contribution in [1.82, 2.24) is 15.3 Å². The van der Waals surface area contributed by atoms with Gasteiger partial charge in [0.1, 0.15) is 24.0 Å². The molecule has 0 fully saturated rings. The Balaban J connectivity index is 2.58. The summed E-state index contributed by atoms with van der Waals surface area (Å²) in [6.45, 7) is 8.62. The van der Waals surface area contributed by atoms with Gasteiger partial charge in [0.05, 0.1) is 0 Å². The molecule has 1 heterocycles. The molecule has 0 aromatic carbocycles. The van der Waals surface area contributed by atoms with Crippen LogP contribution in [0.4, 0.5) is 11.6 Å². The second-order valence-corrected chi connectivity index (χ2v) is 4.74. The summed E-state index contributed by atoms with van der Waals surface area (Å²) in [5.41, 5.74) is 0. The number of aromatic nitrogens is 2. The SMILES string of the molecule is CCCNc1cc(NC(C)C(=O)NC(C)C)ncn1. The average molecular weight is 265 g/mol. The predicted octanol–water partition coefficient (Wildman–Crippen LogP) is 1.62. The summed E-state index contributed by atoms with van der Waals surface area (Å²) >= 11 is 0. The van der Waals surface area contributed by atoms with Gasteiger partial charge in [-0.25, -0.2) is 9.97 Å². The highest BCUT2D eigenvalue weighted by Gasteiger charge is 2.13. The van der Waals surface area contributed by atoms with Crippen LogP contribution in [0, 0.1) is 0 Å². The molecule has 1 aromatic heterocycles. The summed E-state index contributed by atoms with van der Waals surface area (Å²) in [4.78, 5) is 20.0. The van der Waals surface area contributed by atoms with E-state index in [1.165, 1.54) is 6.33 Å². The molecule has 0 aliphatic carbocycles. The van der Waals surface area contributed by atoms with Crippen molar-refractivity contribution in [1.29, 1.82) is 0 Å². The van der Waals surface area contributed by atoms with Gasteiger partial charge in [0.25, 0.3) is 0 Å². The number of rotatable bonds is 7. The highest BCUT2D eigenvalue weighted by Crippen LogP contribution is 2.09. The van der Waals surface area contributed by atoms with Crippen molar-refractivity contribution in [3.63, 3.8) is 0 Å². The van der Waals surface area contributed by atoms with E-state index in [9.17, 15) is 4.79 Å². The van der Waals surface area contributed by atoms with Gasteiger partial charge in [-0.05, 0) is 27.2 Å². The monoisotopic (exact) mass is 265 g/mol. The molecule has 0 aliphatic heterocycles. The van der Waals surface area contributed by atoms with Crippen molar-refractivity contribution >= 4 is 17.5 Å². The Hall–Kier alpha value is -1.85. The van der Waals surface area contributed by atoms with Crippen LogP contribution in [0.15, 0.2) is 12.4 Å². The molecule has 0 saturated carbocycles. The number of amides is 1. The molecule has 6 nitrogen and oxygen atoms in total. The number of hydrogen-bond acceptors (Lipinski definition) is 5. The Morgan fingerprint density at radius 1 is 1.26 bits per heavy atom. The second kappa shape index (κ2) is 7.56. The summed E-state index contributed by atoms with van der Waals surface area (Å²) < 4.78 is 0. The summed E-state index contributed by atoms with van der Waals surface area (Å²) in [5, 5.41) is 9.09. The van der Waals surface area contributed by atoms with Crippen molar-refractivity contribution in [2.75, 3.05) is 17.2 Å². The van der Waals surface area contributed by atoms with Gasteiger partial charge in [-0.15, -0.1) is 0 Å². The predicted molar refractivity (Wildman–Crippen MR) is 77.2 cm³/mol. The first kappa shape index (κ1) is 15.2. The van der Waals surface area contributed by atoms with E-state index in [0.717, 1.165) is 18.8 Å². The average Bonchev–Trinajstić information content (AvgIpc) is 2.36. The number of anilines is 2. The van der Waals surface area contributed by atoms with Gasteiger partial charge in [-0.2, -0.15) is 0 Å². The lowest BCUT2D eigenvalue weighted by molar-refractivity contribution is -0.122. The molecule has 0 bridgehead atoms. The minimum absolute atomic E-state index is 0.0447. The van der Waals surface area contributed by atoms with Crippen molar-refractivity contribution in [2.24, 2.45) is 0 Å². The zero-order valence-electron chi connectivity index (χ0n) is 12.0. The lowest BCUT2D eigenvalue weighted by Crippen LogP contribution is -2.41. The second-order valence-electron chi connectivity index (χ2n) is 4.74. The summed E-state index contributed by atoms with van der Waals surface area (Å²) in [6.07, 6.45) is 2.51. The minimum Gasteiger partial charge on any atom is -0.370 e. The topological polar surface area (TPSA) is 78.9 Å². The molecule has 6 heteroatoms. The van der Waals surface area contributed by atoms with E-state index >= 15 is 0 Å². The first-order chi connectivity index (χ1) is 9.02. The third-order valence-corrected chi connectivity index (χ3v) is 2.41. The summed E-state index contributed by atoms with van der Waals surface area (Å²) in [5.74, 6) is 1.35. The Morgan fingerprint density at radius 3 is 2.58 bits per heavy atom. The van der Waals surface area contributed by atoms with Crippen LogP contribution in [-0.2, 0) is 4.79 Å². The quantitative estimate of drug-likeness (QED) is 0.698. The van der Waals surface area contributed by atoms with Gasteiger partial charge in [0.2, 0.25) is 5.91 Å². The third kappa shape index (κ3) is 5.54. The maximum atomic E-state index is 11.8. The molecule has 0 spiro atoms. The van der Waals surface area contributed by atoms with E-state index in [-0.39, 0.29) is 18.0 Å². The lowest BCUT2D eigenvalue weighted by atomic mass is 10.3. The molecule has 1 unspecified atom stereocenters. The number of carbonyl (C=O) groups excluding carboxylic acids is 1. The normalized spacial score (nSPS) is 12.1. The number of carbonyl (C=O) groups is 1. The Morgan fingerprint density at radius 2 is 1.95 bits per heavy atom. The molecule has 1 amide bonds. The molecule has 3 N–H and O–H groups in total. The largest absolute Gasteiger partial charge is 0.370 e. The molecule has 1 atom stereocenters. The number of hydrogen-bond donors (Lipinski definition) is 3. The molecule has 0 aliphatic rings. The van der Waals surface area contributed by atoms with E-state index < -0.39 is 0 Å². The van der Waals surface area contributed by atoms with Crippen molar-refractivity contribution < 1.29 is 4.79 Å². The molecule has 0 radical (unpaired) electrons. The van der Waals surface area contributed by atoms with E-state index in [1.54, 1.807) is 13.0 Å². The van der Waals surface area contributed by atoms with Crippen LogP contribution in [0.2, 0.25) is 0 Å². The first-order valence-corrected chi connectivity index (χ1v) is 6.65. The lowest BCUT2D eigenvalue weighted by Gasteiger charge is -2.16. The Labute approximate surface area is 114 Å². The van der Waals surface area contributed by atoms with Gasteiger partial charge >= 0.3 is 0 Å². The zero-order valence-corrected chi connectivity index (χ0v) is 12.0.